The van der Waals surface area contributed by atoms with E-state index in [0.717, 1.165) is 29.3 Å². The van der Waals surface area contributed by atoms with Gasteiger partial charge < -0.3 is 10.4 Å². The minimum Gasteiger partial charge on any atom is -0.391 e. The van der Waals surface area contributed by atoms with E-state index in [9.17, 15) is 9.90 Å². The maximum Gasteiger partial charge on any atom is 0.230 e. The molecule has 1 unspecified atom stereocenters. The van der Waals surface area contributed by atoms with E-state index in [1.807, 2.05) is 19.2 Å². The lowest BCUT2D eigenvalue weighted by Gasteiger charge is -2.10. The number of carbonyl (C=O) groups excluding carboxylic acids is 1. The van der Waals surface area contributed by atoms with Crippen LogP contribution in [0.2, 0.25) is 0 Å². The summed E-state index contributed by atoms with van der Waals surface area (Å²) < 4.78 is 0. The summed E-state index contributed by atoms with van der Waals surface area (Å²) in [5.74, 6) is 1.15. The van der Waals surface area contributed by atoms with Crippen molar-refractivity contribution < 1.29 is 9.90 Å². The number of hydrogen-bond donors (Lipinski definition) is 2. The van der Waals surface area contributed by atoms with E-state index in [0.29, 0.717) is 12.3 Å². The Labute approximate surface area is 116 Å². The van der Waals surface area contributed by atoms with Crippen molar-refractivity contribution in [3.63, 3.8) is 0 Å². The van der Waals surface area contributed by atoms with Crippen LogP contribution in [0.25, 0.3) is 0 Å². The van der Waals surface area contributed by atoms with E-state index < -0.39 is 6.10 Å². The van der Waals surface area contributed by atoms with Crippen LogP contribution in [-0.4, -0.2) is 34.4 Å². The molecule has 1 amide bonds. The average molecular weight is 288 g/mol. The normalized spacial score (nSPS) is 12.4. The molecule has 0 bridgehead atoms. The third-order valence-electron chi connectivity index (χ3n) is 2.31. The summed E-state index contributed by atoms with van der Waals surface area (Å²) in [5, 5.41) is 15.3. The van der Waals surface area contributed by atoms with Crippen molar-refractivity contribution in [1.82, 2.24) is 10.3 Å². The van der Waals surface area contributed by atoms with E-state index in [1.165, 1.54) is 0 Å². The van der Waals surface area contributed by atoms with Crippen LogP contribution in [0.15, 0.2) is 5.38 Å². The fourth-order valence-electron chi connectivity index (χ4n) is 1.44. The van der Waals surface area contributed by atoms with Crippen molar-refractivity contribution in [3.05, 3.63) is 16.1 Å². The number of carbonyl (C=O) groups is 1. The predicted octanol–water partition coefficient (Wildman–Crippen LogP) is 1.96. The summed E-state index contributed by atoms with van der Waals surface area (Å²) in [5.41, 5.74) is 1.03. The van der Waals surface area contributed by atoms with Crippen molar-refractivity contribution in [2.24, 2.45) is 0 Å². The maximum absolute atomic E-state index is 11.5. The summed E-state index contributed by atoms with van der Waals surface area (Å²) in [4.78, 5) is 15.8. The minimum atomic E-state index is -0.426. The second kappa shape index (κ2) is 8.50. The topological polar surface area (TPSA) is 62.2 Å². The fraction of sp³-hybridized carbons (Fsp3) is 0.667. The Bertz CT molecular complexity index is 369. The molecular weight excluding hydrogens is 268 g/mol. The molecule has 1 aromatic rings. The van der Waals surface area contributed by atoms with Crippen molar-refractivity contribution in [1.29, 1.82) is 0 Å². The third kappa shape index (κ3) is 6.37. The molecule has 0 aliphatic heterocycles. The molecule has 1 heterocycles. The van der Waals surface area contributed by atoms with E-state index in [2.05, 4.69) is 10.3 Å². The molecule has 1 aromatic heterocycles. The molecule has 0 aliphatic carbocycles. The first-order valence-corrected chi connectivity index (χ1v) is 8.08. The van der Waals surface area contributed by atoms with E-state index in [-0.39, 0.29) is 5.91 Å². The van der Waals surface area contributed by atoms with Crippen LogP contribution in [0, 0.1) is 6.92 Å². The highest BCUT2D eigenvalue weighted by Gasteiger charge is 2.06. The number of aryl methyl sites for hydroxylation is 1. The summed E-state index contributed by atoms with van der Waals surface area (Å²) in [6, 6.07) is 0. The number of aromatic nitrogens is 1. The van der Waals surface area contributed by atoms with Gasteiger partial charge in [0.05, 0.1) is 22.6 Å². The second-order valence-electron chi connectivity index (χ2n) is 4.10. The number of thiazole rings is 1. The van der Waals surface area contributed by atoms with E-state index in [1.54, 1.807) is 23.1 Å². The van der Waals surface area contributed by atoms with Crippen LogP contribution < -0.4 is 5.32 Å². The van der Waals surface area contributed by atoms with Gasteiger partial charge >= 0.3 is 0 Å². The number of aliphatic hydroxyl groups excluding tert-OH is 1. The Kier molecular flexibility index (Phi) is 7.31. The molecule has 0 spiro atoms. The summed E-state index contributed by atoms with van der Waals surface area (Å²) >= 11 is 3.17. The number of thioether (sulfide) groups is 1. The standard InChI is InChI=1S/C12H20N2O2S2/c1-3-4-11(15)5-13-12(16)8-17-6-10-7-18-9(2)14-10/h7,11,15H,3-6,8H2,1-2H3,(H,13,16). The quantitative estimate of drug-likeness (QED) is 0.767. The lowest BCUT2D eigenvalue weighted by molar-refractivity contribution is -0.119. The first-order chi connectivity index (χ1) is 8.61. The second-order valence-corrected chi connectivity index (χ2v) is 6.15. The molecule has 0 aliphatic rings. The third-order valence-corrected chi connectivity index (χ3v) is 4.09. The Hall–Kier alpha value is -0.590. The molecule has 0 radical (unpaired) electrons. The monoisotopic (exact) mass is 288 g/mol. The fourth-order valence-corrected chi connectivity index (χ4v) is 2.91. The van der Waals surface area contributed by atoms with Gasteiger partial charge in [-0.25, -0.2) is 4.98 Å². The van der Waals surface area contributed by atoms with Crippen molar-refractivity contribution in [2.45, 2.75) is 38.5 Å². The molecule has 6 heteroatoms. The summed E-state index contributed by atoms with van der Waals surface area (Å²) in [6.07, 6.45) is 1.23. The van der Waals surface area contributed by atoms with Crippen LogP contribution >= 0.6 is 23.1 Å². The zero-order valence-electron chi connectivity index (χ0n) is 10.8. The molecule has 18 heavy (non-hydrogen) atoms. The van der Waals surface area contributed by atoms with Crippen molar-refractivity contribution in [2.75, 3.05) is 12.3 Å². The molecule has 1 rings (SSSR count). The van der Waals surface area contributed by atoms with E-state index in [4.69, 9.17) is 0 Å². The minimum absolute atomic E-state index is 0.0258. The largest absolute Gasteiger partial charge is 0.391 e. The molecule has 4 nitrogen and oxygen atoms in total. The van der Waals surface area contributed by atoms with Crippen LogP contribution in [0.4, 0.5) is 0 Å². The van der Waals surface area contributed by atoms with Gasteiger partial charge in [0.15, 0.2) is 0 Å². The Balaban J connectivity index is 2.10. The number of nitrogens with zero attached hydrogens (tertiary/aromatic N) is 1. The van der Waals surface area contributed by atoms with Gasteiger partial charge in [0, 0.05) is 17.7 Å². The smallest absolute Gasteiger partial charge is 0.230 e. The van der Waals surface area contributed by atoms with Gasteiger partial charge in [-0.3, -0.25) is 4.79 Å². The summed E-state index contributed by atoms with van der Waals surface area (Å²) in [6.45, 7) is 4.33. The van der Waals surface area contributed by atoms with Gasteiger partial charge in [-0.15, -0.1) is 23.1 Å². The highest BCUT2D eigenvalue weighted by molar-refractivity contribution is 7.99. The zero-order valence-corrected chi connectivity index (χ0v) is 12.4. The molecule has 0 fully saturated rings. The lowest BCUT2D eigenvalue weighted by atomic mass is 10.2. The molecule has 0 saturated heterocycles. The first kappa shape index (κ1) is 15.5. The number of aliphatic hydroxyl groups is 1. The average Bonchev–Trinajstić information content (AvgIpc) is 2.73. The van der Waals surface area contributed by atoms with Crippen molar-refractivity contribution in [3.8, 4) is 0 Å². The van der Waals surface area contributed by atoms with Crippen LogP contribution in [0.1, 0.15) is 30.5 Å². The maximum atomic E-state index is 11.5. The molecule has 0 saturated carbocycles. The van der Waals surface area contributed by atoms with Gasteiger partial charge in [-0.05, 0) is 13.3 Å². The lowest BCUT2D eigenvalue weighted by Crippen LogP contribution is -2.33. The first-order valence-electron chi connectivity index (χ1n) is 6.05. The SMILES string of the molecule is CCCC(O)CNC(=O)CSCc1csc(C)n1. The number of hydrogen-bond acceptors (Lipinski definition) is 5. The molecule has 2 N–H and O–H groups in total. The van der Waals surface area contributed by atoms with Crippen LogP contribution in [-0.2, 0) is 10.5 Å². The van der Waals surface area contributed by atoms with Crippen molar-refractivity contribution >= 4 is 29.0 Å². The van der Waals surface area contributed by atoms with Gasteiger partial charge in [-0.1, -0.05) is 13.3 Å². The van der Waals surface area contributed by atoms with Gasteiger partial charge in [0.25, 0.3) is 0 Å². The molecular formula is C12H20N2O2S2. The van der Waals surface area contributed by atoms with E-state index >= 15 is 0 Å². The Morgan fingerprint density at radius 1 is 1.67 bits per heavy atom. The van der Waals surface area contributed by atoms with Crippen LogP contribution in [0.5, 0.6) is 0 Å². The highest BCUT2D eigenvalue weighted by Crippen LogP contribution is 2.14. The number of rotatable bonds is 8. The Morgan fingerprint density at radius 2 is 2.44 bits per heavy atom. The highest BCUT2D eigenvalue weighted by atomic mass is 32.2. The zero-order chi connectivity index (χ0) is 13.4. The number of nitrogens with one attached hydrogen (secondary N) is 1. The number of amides is 1. The summed E-state index contributed by atoms with van der Waals surface area (Å²) in [7, 11) is 0. The van der Waals surface area contributed by atoms with Gasteiger partial charge in [0.1, 0.15) is 0 Å². The molecule has 0 aromatic carbocycles. The van der Waals surface area contributed by atoms with Crippen LogP contribution in [0.3, 0.4) is 0 Å². The molecule has 1 atom stereocenters. The molecule has 102 valence electrons. The van der Waals surface area contributed by atoms with Gasteiger partial charge in [-0.2, -0.15) is 0 Å². The Morgan fingerprint density at radius 3 is 3.06 bits per heavy atom. The predicted molar refractivity (Wildman–Crippen MR) is 76.9 cm³/mol. The van der Waals surface area contributed by atoms with Gasteiger partial charge in [0.2, 0.25) is 5.91 Å².